The third kappa shape index (κ3) is 3.24. The van der Waals surface area contributed by atoms with E-state index < -0.39 is 10.2 Å². The number of hydrogen-bond acceptors (Lipinski definition) is 6. The van der Waals surface area contributed by atoms with Gasteiger partial charge in [0.15, 0.2) is 11.6 Å². The molecule has 0 aromatic carbocycles. The smallest absolute Gasteiger partial charge is 0.282 e. The van der Waals surface area contributed by atoms with Crippen molar-refractivity contribution in [3.63, 3.8) is 0 Å². The molecule has 0 bridgehead atoms. The van der Waals surface area contributed by atoms with Gasteiger partial charge in [0.25, 0.3) is 10.2 Å². The molecule has 2 fully saturated rings. The Hall–Kier alpha value is -2.04. The molecule has 2 aromatic heterocycles. The first-order chi connectivity index (χ1) is 12.1. The summed E-state index contributed by atoms with van der Waals surface area (Å²) in [4.78, 5) is 2.07. The molecule has 9 nitrogen and oxygen atoms in total. The average Bonchev–Trinajstić information content (AvgIpc) is 3.36. The standard InChI is InChI=1S/C15H21N7O2S/c23-25(24,20-7-1-2-8-20)21-12-10-19(11-13-21)14-4-5-15(18-17-14)22-9-3-6-16-22/h3-6,9H,1-2,7-8,10-13H2. The van der Waals surface area contributed by atoms with Gasteiger partial charge in [-0.05, 0) is 31.0 Å². The Morgan fingerprint density at radius 1 is 0.840 bits per heavy atom. The summed E-state index contributed by atoms with van der Waals surface area (Å²) >= 11 is 0. The molecule has 0 amide bonds. The Bertz CT molecular complexity index is 793. The van der Waals surface area contributed by atoms with E-state index in [1.807, 2.05) is 24.4 Å². The maximum atomic E-state index is 12.6. The fourth-order valence-electron chi connectivity index (χ4n) is 3.24. The van der Waals surface area contributed by atoms with Crippen LogP contribution in [-0.2, 0) is 10.2 Å². The van der Waals surface area contributed by atoms with Gasteiger partial charge >= 0.3 is 0 Å². The van der Waals surface area contributed by atoms with Crippen molar-refractivity contribution in [2.75, 3.05) is 44.2 Å². The lowest BCUT2D eigenvalue weighted by molar-refractivity contribution is 0.343. The molecule has 25 heavy (non-hydrogen) atoms. The number of nitrogens with zero attached hydrogens (tertiary/aromatic N) is 7. The van der Waals surface area contributed by atoms with Crippen LogP contribution in [0.15, 0.2) is 30.6 Å². The van der Waals surface area contributed by atoms with E-state index in [1.54, 1.807) is 19.5 Å². The minimum absolute atomic E-state index is 0.474. The van der Waals surface area contributed by atoms with Crippen LogP contribution in [0, 0.1) is 0 Å². The summed E-state index contributed by atoms with van der Waals surface area (Å²) in [5.41, 5.74) is 0. The molecule has 2 saturated heterocycles. The molecule has 0 radical (unpaired) electrons. The van der Waals surface area contributed by atoms with E-state index in [0.717, 1.165) is 18.7 Å². The molecule has 10 heteroatoms. The van der Waals surface area contributed by atoms with Gasteiger partial charge in [-0.3, -0.25) is 0 Å². The molecule has 0 N–H and O–H groups in total. The Morgan fingerprint density at radius 2 is 1.48 bits per heavy atom. The molecule has 2 aliphatic rings. The average molecular weight is 363 g/mol. The fourth-order valence-corrected chi connectivity index (χ4v) is 4.91. The van der Waals surface area contributed by atoms with E-state index in [2.05, 4.69) is 20.2 Å². The largest absolute Gasteiger partial charge is 0.352 e. The lowest BCUT2D eigenvalue weighted by Crippen LogP contribution is -2.52. The summed E-state index contributed by atoms with van der Waals surface area (Å²) in [7, 11) is -3.31. The van der Waals surface area contributed by atoms with Crippen molar-refractivity contribution in [1.29, 1.82) is 0 Å². The van der Waals surface area contributed by atoms with Gasteiger partial charge in [-0.15, -0.1) is 10.2 Å². The van der Waals surface area contributed by atoms with Crippen molar-refractivity contribution in [3.05, 3.63) is 30.6 Å². The Balaban J connectivity index is 1.40. The summed E-state index contributed by atoms with van der Waals surface area (Å²) in [6, 6.07) is 5.59. The molecular weight excluding hydrogens is 342 g/mol. The van der Waals surface area contributed by atoms with Gasteiger partial charge in [0.2, 0.25) is 0 Å². The molecule has 2 aromatic rings. The zero-order chi connectivity index (χ0) is 17.3. The molecule has 0 aliphatic carbocycles. The first kappa shape index (κ1) is 16.4. The quantitative estimate of drug-likeness (QED) is 0.767. The van der Waals surface area contributed by atoms with Crippen LogP contribution in [0.25, 0.3) is 5.82 Å². The highest BCUT2D eigenvalue weighted by Crippen LogP contribution is 2.20. The highest BCUT2D eigenvalue weighted by molar-refractivity contribution is 7.86. The van der Waals surface area contributed by atoms with E-state index in [0.29, 0.717) is 45.1 Å². The molecular formula is C15H21N7O2S. The van der Waals surface area contributed by atoms with Crippen LogP contribution < -0.4 is 4.90 Å². The summed E-state index contributed by atoms with van der Waals surface area (Å²) < 4.78 is 30.0. The summed E-state index contributed by atoms with van der Waals surface area (Å²) in [5.74, 6) is 1.41. The predicted octanol–water partition coefficient (Wildman–Crippen LogP) is 0.125. The highest BCUT2D eigenvalue weighted by Gasteiger charge is 2.33. The van der Waals surface area contributed by atoms with E-state index >= 15 is 0 Å². The molecule has 134 valence electrons. The van der Waals surface area contributed by atoms with Crippen molar-refractivity contribution in [2.24, 2.45) is 0 Å². The van der Waals surface area contributed by atoms with Crippen molar-refractivity contribution >= 4 is 16.0 Å². The Morgan fingerprint density at radius 3 is 2.08 bits per heavy atom. The van der Waals surface area contributed by atoms with Crippen LogP contribution in [0.1, 0.15) is 12.8 Å². The van der Waals surface area contributed by atoms with Crippen LogP contribution >= 0.6 is 0 Å². The molecule has 4 heterocycles. The molecule has 0 saturated carbocycles. The zero-order valence-electron chi connectivity index (χ0n) is 13.9. The molecule has 0 spiro atoms. The van der Waals surface area contributed by atoms with Crippen molar-refractivity contribution in [1.82, 2.24) is 28.6 Å². The third-order valence-electron chi connectivity index (χ3n) is 4.66. The Kier molecular flexibility index (Phi) is 4.40. The molecule has 4 rings (SSSR count). The maximum absolute atomic E-state index is 12.6. The summed E-state index contributed by atoms with van der Waals surface area (Å²) in [6.07, 6.45) is 5.41. The first-order valence-corrected chi connectivity index (χ1v) is 9.88. The zero-order valence-corrected chi connectivity index (χ0v) is 14.7. The topological polar surface area (TPSA) is 87.5 Å². The van der Waals surface area contributed by atoms with Crippen molar-refractivity contribution in [3.8, 4) is 5.82 Å². The third-order valence-corrected chi connectivity index (χ3v) is 6.69. The van der Waals surface area contributed by atoms with Gasteiger partial charge in [0.05, 0.1) is 0 Å². The number of anilines is 1. The second-order valence-electron chi connectivity index (χ2n) is 6.20. The normalized spacial score (nSPS) is 20.2. The number of hydrogen-bond donors (Lipinski definition) is 0. The van der Waals surface area contributed by atoms with Crippen LogP contribution in [0.4, 0.5) is 5.82 Å². The number of rotatable bonds is 4. The monoisotopic (exact) mass is 363 g/mol. The SMILES string of the molecule is O=S(=O)(N1CCCC1)N1CCN(c2ccc(-n3cccn3)nn2)CC1. The molecule has 0 unspecified atom stereocenters. The second kappa shape index (κ2) is 6.70. The van der Waals surface area contributed by atoms with Crippen LogP contribution in [0.5, 0.6) is 0 Å². The van der Waals surface area contributed by atoms with E-state index in [-0.39, 0.29) is 0 Å². The fraction of sp³-hybridized carbons (Fsp3) is 0.533. The second-order valence-corrected chi connectivity index (χ2v) is 8.13. The van der Waals surface area contributed by atoms with E-state index in [9.17, 15) is 8.42 Å². The first-order valence-electron chi connectivity index (χ1n) is 8.48. The van der Waals surface area contributed by atoms with Crippen molar-refractivity contribution < 1.29 is 8.42 Å². The van der Waals surface area contributed by atoms with E-state index in [4.69, 9.17) is 0 Å². The summed E-state index contributed by atoms with van der Waals surface area (Å²) in [6.45, 7) is 3.46. The minimum Gasteiger partial charge on any atom is -0.352 e. The van der Waals surface area contributed by atoms with Gasteiger partial charge < -0.3 is 4.90 Å². The Labute approximate surface area is 147 Å². The predicted molar refractivity (Wildman–Crippen MR) is 92.7 cm³/mol. The van der Waals surface area contributed by atoms with Gasteiger partial charge in [0.1, 0.15) is 0 Å². The maximum Gasteiger partial charge on any atom is 0.282 e. The van der Waals surface area contributed by atoms with Crippen LogP contribution in [-0.4, -0.2) is 76.3 Å². The van der Waals surface area contributed by atoms with Crippen LogP contribution in [0.2, 0.25) is 0 Å². The van der Waals surface area contributed by atoms with Crippen molar-refractivity contribution in [2.45, 2.75) is 12.8 Å². The minimum atomic E-state index is -3.31. The molecule has 2 aliphatic heterocycles. The van der Waals surface area contributed by atoms with Gasteiger partial charge in [-0.25, -0.2) is 4.68 Å². The number of piperazine rings is 1. The lowest BCUT2D eigenvalue weighted by atomic mass is 10.3. The lowest BCUT2D eigenvalue weighted by Gasteiger charge is -2.36. The van der Waals surface area contributed by atoms with E-state index in [1.165, 1.54) is 0 Å². The summed E-state index contributed by atoms with van der Waals surface area (Å²) in [5, 5.41) is 12.6. The van der Waals surface area contributed by atoms with Gasteiger partial charge in [-0.2, -0.15) is 22.1 Å². The van der Waals surface area contributed by atoms with Gasteiger partial charge in [-0.1, -0.05) is 0 Å². The number of aromatic nitrogens is 4. The highest BCUT2D eigenvalue weighted by atomic mass is 32.2. The van der Waals surface area contributed by atoms with Crippen LogP contribution in [0.3, 0.4) is 0 Å². The molecule has 0 atom stereocenters. The van der Waals surface area contributed by atoms with Gasteiger partial charge in [0, 0.05) is 51.7 Å².